The summed E-state index contributed by atoms with van der Waals surface area (Å²) in [5.74, 6) is -0.542. The van der Waals surface area contributed by atoms with E-state index in [-0.39, 0.29) is 13.0 Å². The summed E-state index contributed by atoms with van der Waals surface area (Å²) >= 11 is 0. The Morgan fingerprint density at radius 1 is 0.571 bits per heavy atom. The van der Waals surface area contributed by atoms with Crippen LogP contribution in [-0.4, -0.2) is 98.9 Å². The molecule has 56 heavy (non-hydrogen) atoms. The monoisotopic (exact) mass is 808 g/mol. The molecule has 0 bridgehead atoms. The molecule has 0 saturated heterocycles. The number of hydrogen-bond donors (Lipinski definition) is 6. The van der Waals surface area contributed by atoms with E-state index in [1.165, 1.54) is 0 Å². The number of phosphoric acid groups is 1. The molecule has 0 spiro atoms. The van der Waals surface area contributed by atoms with Crippen LogP contribution in [0.1, 0.15) is 104 Å². The minimum Gasteiger partial charge on any atom is -0.457 e. The van der Waals surface area contributed by atoms with E-state index in [9.17, 15) is 39.8 Å². The highest BCUT2D eigenvalue weighted by Crippen LogP contribution is 2.47. The molecule has 0 aromatic rings. The Labute approximate surface area is 334 Å². The molecule has 0 heterocycles. The van der Waals surface area contributed by atoms with Gasteiger partial charge < -0.3 is 39.9 Å². The van der Waals surface area contributed by atoms with E-state index in [0.29, 0.717) is 19.4 Å². The van der Waals surface area contributed by atoms with E-state index in [4.69, 9.17) is 18.5 Å². The molecule has 6 N–H and O–H groups in total. The number of rotatable bonds is 31. The van der Waals surface area contributed by atoms with Crippen LogP contribution in [0.3, 0.4) is 0 Å². The first-order valence-corrected chi connectivity index (χ1v) is 21.6. The molecule has 0 aliphatic heterocycles. The zero-order valence-corrected chi connectivity index (χ0v) is 34.3. The molecule has 1 aliphatic rings. The first kappa shape index (κ1) is 51.3. The largest absolute Gasteiger partial charge is 0.472 e. The van der Waals surface area contributed by atoms with Crippen LogP contribution >= 0.6 is 7.82 Å². The number of aliphatic hydroxyl groups is 5. The molecule has 0 aromatic carbocycles. The highest BCUT2D eigenvalue weighted by molar-refractivity contribution is 7.47. The third-order valence-electron chi connectivity index (χ3n) is 8.45. The van der Waals surface area contributed by atoms with Crippen molar-refractivity contribution in [3.8, 4) is 0 Å². The summed E-state index contributed by atoms with van der Waals surface area (Å²) in [7, 11) is -5.05. The van der Waals surface area contributed by atoms with Crippen molar-refractivity contribution in [1.82, 2.24) is 0 Å². The van der Waals surface area contributed by atoms with Gasteiger partial charge in [0.2, 0.25) is 0 Å². The number of esters is 1. The van der Waals surface area contributed by atoms with Gasteiger partial charge in [0.25, 0.3) is 0 Å². The molecule has 0 amide bonds. The SMILES string of the molecule is CC/C=C\C/C=C\C/C=C\C/C=C\CCCCC(=O)OC(COCCC/C=C\C/C=C\C/C=C\C/C=C\CC)COP(=O)(O)OC1C(O)C(O)C(O)C(O)C1O. The zero-order chi connectivity index (χ0) is 41.3. The van der Waals surface area contributed by atoms with Crippen molar-refractivity contribution in [3.05, 3.63) is 97.2 Å². The van der Waals surface area contributed by atoms with Gasteiger partial charge in [-0.1, -0.05) is 111 Å². The van der Waals surface area contributed by atoms with Gasteiger partial charge in [0.15, 0.2) is 0 Å². The van der Waals surface area contributed by atoms with Crippen LogP contribution in [0.15, 0.2) is 97.2 Å². The number of hydrogen-bond acceptors (Lipinski definition) is 11. The first-order chi connectivity index (χ1) is 27.0. The summed E-state index contributed by atoms with van der Waals surface area (Å²) in [6.45, 7) is 3.79. The maximum Gasteiger partial charge on any atom is 0.472 e. The topological polar surface area (TPSA) is 192 Å². The second-order valence-corrected chi connectivity index (χ2v) is 14.8. The normalized spacial score (nSPS) is 24.1. The van der Waals surface area contributed by atoms with Gasteiger partial charge in [-0.25, -0.2) is 4.57 Å². The number of ether oxygens (including phenoxy) is 2. The van der Waals surface area contributed by atoms with E-state index >= 15 is 0 Å². The molecular formula is C43H69O12P. The maximum absolute atomic E-state index is 12.8. The van der Waals surface area contributed by atoms with Crippen LogP contribution in [0.2, 0.25) is 0 Å². The molecule has 0 radical (unpaired) electrons. The van der Waals surface area contributed by atoms with E-state index in [1.807, 2.05) is 0 Å². The fraction of sp³-hybridized carbons (Fsp3) is 0.605. The standard InChI is InChI=1S/C43H69O12P/c1-3-5-7-9-11-13-15-17-19-20-22-24-26-28-30-32-37(44)54-36(34-52-33-31-29-27-25-23-21-18-16-14-12-10-8-6-4-2)35-53-56(50,51)55-43-41(48)39(46)38(45)40(47)42(43)49/h5-8,11-14,17-19,21-22,24-25,27,36,38-43,45-49H,3-4,9-10,15-16,20,23,26,28-35H2,1-2H3,(H,50,51)/b7-5-,8-6-,13-11-,14-12-,19-17-,21-18-,24-22-,27-25-. The van der Waals surface area contributed by atoms with Gasteiger partial charge in [-0.05, 0) is 83.5 Å². The van der Waals surface area contributed by atoms with Gasteiger partial charge in [0, 0.05) is 13.0 Å². The van der Waals surface area contributed by atoms with Crippen LogP contribution in [-0.2, 0) is 27.9 Å². The van der Waals surface area contributed by atoms with Crippen molar-refractivity contribution < 1.29 is 58.3 Å². The highest BCUT2D eigenvalue weighted by Gasteiger charge is 2.51. The number of phosphoric ester groups is 1. The summed E-state index contributed by atoms with van der Waals surface area (Å²) in [6, 6.07) is 0. The summed E-state index contributed by atoms with van der Waals surface area (Å²) in [6.07, 6.45) is 32.2. The van der Waals surface area contributed by atoms with Crippen LogP contribution in [0.25, 0.3) is 0 Å². The summed E-state index contributed by atoms with van der Waals surface area (Å²) < 4.78 is 33.9. The lowest BCUT2D eigenvalue weighted by Crippen LogP contribution is -2.64. The molecule has 1 rings (SSSR count). The lowest BCUT2D eigenvalue weighted by atomic mass is 9.85. The fourth-order valence-electron chi connectivity index (χ4n) is 5.29. The lowest BCUT2D eigenvalue weighted by molar-refractivity contribution is -0.220. The Bertz CT molecular complexity index is 1290. The Kier molecular flexibility index (Phi) is 30.5. The Morgan fingerprint density at radius 2 is 0.982 bits per heavy atom. The van der Waals surface area contributed by atoms with Crippen molar-refractivity contribution in [2.75, 3.05) is 19.8 Å². The first-order valence-electron chi connectivity index (χ1n) is 20.1. The number of carbonyl (C=O) groups excluding carboxylic acids is 1. The molecule has 13 heteroatoms. The fourth-order valence-corrected chi connectivity index (χ4v) is 6.26. The molecule has 0 aromatic heterocycles. The highest BCUT2D eigenvalue weighted by atomic mass is 31.2. The van der Waals surface area contributed by atoms with Crippen molar-refractivity contribution >= 4 is 13.8 Å². The average molecular weight is 809 g/mol. The van der Waals surface area contributed by atoms with Gasteiger partial charge in [-0.15, -0.1) is 0 Å². The third-order valence-corrected chi connectivity index (χ3v) is 9.44. The molecule has 6 unspecified atom stereocenters. The van der Waals surface area contributed by atoms with E-state index in [2.05, 4.69) is 111 Å². The number of carbonyl (C=O) groups is 1. The second-order valence-electron chi connectivity index (χ2n) is 13.4. The number of aliphatic hydroxyl groups excluding tert-OH is 5. The van der Waals surface area contributed by atoms with Crippen molar-refractivity contribution in [2.24, 2.45) is 0 Å². The van der Waals surface area contributed by atoms with Crippen LogP contribution in [0.4, 0.5) is 0 Å². The number of unbranched alkanes of at least 4 members (excludes halogenated alkanes) is 3. The molecule has 1 fully saturated rings. The predicted molar refractivity (Wildman–Crippen MR) is 220 cm³/mol. The smallest absolute Gasteiger partial charge is 0.457 e. The molecule has 12 nitrogen and oxygen atoms in total. The third kappa shape index (κ3) is 25.5. The zero-order valence-electron chi connectivity index (χ0n) is 33.4. The minimum absolute atomic E-state index is 0.113. The number of allylic oxidation sites excluding steroid dienone is 16. The van der Waals surface area contributed by atoms with Crippen molar-refractivity contribution in [2.45, 2.75) is 146 Å². The second kappa shape index (κ2) is 33.3. The summed E-state index contributed by atoms with van der Waals surface area (Å²) in [5, 5.41) is 50.0. The summed E-state index contributed by atoms with van der Waals surface area (Å²) in [5.41, 5.74) is 0. The average Bonchev–Trinajstić information content (AvgIpc) is 3.18. The molecule has 1 saturated carbocycles. The molecule has 318 valence electrons. The Hall–Kier alpha value is -2.74. The quantitative estimate of drug-likeness (QED) is 0.0179. The maximum atomic E-state index is 12.8. The minimum atomic E-state index is -5.05. The lowest BCUT2D eigenvalue weighted by Gasteiger charge is -2.41. The van der Waals surface area contributed by atoms with Crippen LogP contribution < -0.4 is 0 Å². The van der Waals surface area contributed by atoms with Gasteiger partial charge in [0.05, 0.1) is 13.2 Å². The summed E-state index contributed by atoms with van der Waals surface area (Å²) in [4.78, 5) is 23.0. The van der Waals surface area contributed by atoms with Crippen molar-refractivity contribution in [1.29, 1.82) is 0 Å². The van der Waals surface area contributed by atoms with Crippen molar-refractivity contribution in [3.63, 3.8) is 0 Å². The van der Waals surface area contributed by atoms with E-state index < -0.39 is 63.1 Å². The molecular weight excluding hydrogens is 739 g/mol. The Balaban J connectivity index is 2.55. The van der Waals surface area contributed by atoms with Crippen LogP contribution in [0, 0.1) is 0 Å². The Morgan fingerprint density at radius 3 is 1.45 bits per heavy atom. The van der Waals surface area contributed by atoms with Gasteiger partial charge in [0.1, 0.15) is 42.7 Å². The van der Waals surface area contributed by atoms with Crippen LogP contribution in [0.5, 0.6) is 0 Å². The molecule has 6 atom stereocenters. The molecule has 1 aliphatic carbocycles. The van der Waals surface area contributed by atoms with E-state index in [1.54, 1.807) is 0 Å². The van der Waals surface area contributed by atoms with Gasteiger partial charge in [-0.3, -0.25) is 13.8 Å². The van der Waals surface area contributed by atoms with Gasteiger partial charge >= 0.3 is 13.8 Å². The predicted octanol–water partition coefficient (Wildman–Crippen LogP) is 7.19. The van der Waals surface area contributed by atoms with Gasteiger partial charge in [-0.2, -0.15) is 0 Å². The van der Waals surface area contributed by atoms with E-state index in [0.717, 1.165) is 70.6 Å².